The molecule has 1 aliphatic heterocycles. The molecule has 4 heteroatoms. The molecule has 1 aromatic heterocycles. The number of nitrogens with zero attached hydrogens (tertiary/aromatic N) is 2. The Kier molecular flexibility index (Phi) is 2.46. The topological polar surface area (TPSA) is 53.6 Å². The van der Waals surface area contributed by atoms with Crippen LogP contribution in [0.25, 0.3) is 0 Å². The highest BCUT2D eigenvalue weighted by Gasteiger charge is 2.37. The van der Waals surface area contributed by atoms with Crippen LogP contribution >= 0.6 is 0 Å². The van der Waals surface area contributed by atoms with Crippen molar-refractivity contribution >= 4 is 0 Å². The molecule has 1 unspecified atom stereocenters. The summed E-state index contributed by atoms with van der Waals surface area (Å²) >= 11 is 0. The number of hydrogen-bond acceptors (Lipinski definition) is 3. The lowest BCUT2D eigenvalue weighted by Gasteiger charge is -2.35. The molecule has 1 saturated heterocycles. The van der Waals surface area contributed by atoms with Crippen LogP contribution in [0.5, 0.6) is 0 Å². The predicted molar refractivity (Wildman–Crippen MR) is 62.4 cm³/mol. The fourth-order valence-corrected chi connectivity index (χ4v) is 2.74. The van der Waals surface area contributed by atoms with E-state index in [0.29, 0.717) is 5.92 Å². The maximum Gasteiger partial charge on any atom is 0.156 e. The quantitative estimate of drug-likeness (QED) is 0.798. The van der Waals surface area contributed by atoms with Gasteiger partial charge in [0.05, 0.1) is 0 Å². The van der Waals surface area contributed by atoms with Gasteiger partial charge in [-0.3, -0.25) is 5.10 Å². The average molecular weight is 220 g/mol. The molecule has 1 aliphatic carbocycles. The first kappa shape index (κ1) is 10.3. The van der Waals surface area contributed by atoms with Crippen LogP contribution in [-0.4, -0.2) is 28.3 Å². The zero-order valence-electron chi connectivity index (χ0n) is 9.92. The van der Waals surface area contributed by atoms with Crippen molar-refractivity contribution in [3.8, 4) is 0 Å². The van der Waals surface area contributed by atoms with Crippen molar-refractivity contribution in [2.24, 2.45) is 0 Å². The minimum Gasteiger partial charge on any atom is -0.316 e. The van der Waals surface area contributed by atoms with Crippen molar-refractivity contribution in [3.05, 3.63) is 11.6 Å². The summed E-state index contributed by atoms with van der Waals surface area (Å²) < 4.78 is 0. The molecule has 1 atom stereocenters. The minimum absolute atomic E-state index is 0.261. The molecule has 2 heterocycles. The monoisotopic (exact) mass is 220 g/mol. The molecule has 0 amide bonds. The summed E-state index contributed by atoms with van der Waals surface area (Å²) in [6, 6.07) is 0. The Bertz CT molecular complexity index is 361. The SMILES string of the molecule is CC1(c2n[nH]c(C3CCCNC3)n2)CCC1. The molecule has 3 rings (SSSR count). The predicted octanol–water partition coefficient (Wildman–Crippen LogP) is 1.71. The summed E-state index contributed by atoms with van der Waals surface area (Å²) in [6.45, 7) is 4.48. The van der Waals surface area contributed by atoms with Crippen LogP contribution in [0.4, 0.5) is 0 Å². The number of nitrogens with one attached hydrogen (secondary N) is 2. The number of rotatable bonds is 2. The number of piperidine rings is 1. The third kappa shape index (κ3) is 1.65. The van der Waals surface area contributed by atoms with Gasteiger partial charge in [0.1, 0.15) is 5.82 Å². The van der Waals surface area contributed by atoms with E-state index in [4.69, 9.17) is 4.98 Å². The summed E-state index contributed by atoms with van der Waals surface area (Å²) in [4.78, 5) is 4.72. The van der Waals surface area contributed by atoms with Crippen LogP contribution in [0, 0.1) is 0 Å². The summed E-state index contributed by atoms with van der Waals surface area (Å²) in [7, 11) is 0. The van der Waals surface area contributed by atoms with Gasteiger partial charge in [0.15, 0.2) is 5.82 Å². The van der Waals surface area contributed by atoms with Crippen LogP contribution in [0.2, 0.25) is 0 Å². The second kappa shape index (κ2) is 3.84. The molecule has 0 spiro atoms. The summed E-state index contributed by atoms with van der Waals surface area (Å²) in [5.74, 6) is 2.67. The zero-order chi connectivity index (χ0) is 11.0. The van der Waals surface area contributed by atoms with Gasteiger partial charge in [-0.15, -0.1) is 0 Å². The largest absolute Gasteiger partial charge is 0.316 e. The van der Waals surface area contributed by atoms with E-state index in [1.54, 1.807) is 0 Å². The Morgan fingerprint density at radius 1 is 1.31 bits per heavy atom. The summed E-state index contributed by atoms with van der Waals surface area (Å²) in [6.07, 6.45) is 6.29. The van der Waals surface area contributed by atoms with Gasteiger partial charge in [-0.2, -0.15) is 5.10 Å². The molecule has 4 nitrogen and oxygen atoms in total. The Hall–Kier alpha value is -0.900. The van der Waals surface area contributed by atoms with Crippen LogP contribution in [0.3, 0.4) is 0 Å². The first-order valence-corrected chi connectivity index (χ1v) is 6.41. The molecule has 1 saturated carbocycles. The zero-order valence-corrected chi connectivity index (χ0v) is 9.92. The van der Waals surface area contributed by atoms with Gasteiger partial charge in [0.2, 0.25) is 0 Å². The molecule has 0 radical (unpaired) electrons. The van der Waals surface area contributed by atoms with Crippen molar-refractivity contribution in [3.63, 3.8) is 0 Å². The van der Waals surface area contributed by atoms with Gasteiger partial charge >= 0.3 is 0 Å². The molecule has 2 fully saturated rings. The highest BCUT2D eigenvalue weighted by molar-refractivity contribution is 5.12. The Morgan fingerprint density at radius 3 is 2.81 bits per heavy atom. The number of H-pyrrole nitrogens is 1. The fraction of sp³-hybridized carbons (Fsp3) is 0.833. The van der Waals surface area contributed by atoms with Crippen molar-refractivity contribution in [1.29, 1.82) is 0 Å². The van der Waals surface area contributed by atoms with E-state index in [9.17, 15) is 0 Å². The first-order valence-electron chi connectivity index (χ1n) is 6.41. The van der Waals surface area contributed by atoms with Crippen LogP contribution in [0.1, 0.15) is 56.6 Å². The molecular formula is C12H20N4. The maximum absolute atomic E-state index is 4.72. The van der Waals surface area contributed by atoms with Crippen molar-refractivity contribution < 1.29 is 0 Å². The van der Waals surface area contributed by atoms with E-state index in [1.165, 1.54) is 32.1 Å². The number of aromatic nitrogens is 3. The molecule has 0 bridgehead atoms. The second-order valence-electron chi connectivity index (χ2n) is 5.50. The standard InChI is InChI=1S/C12H20N4/c1-12(5-3-6-12)11-14-10(15-16-11)9-4-2-7-13-8-9/h9,13H,2-8H2,1H3,(H,14,15,16). The highest BCUT2D eigenvalue weighted by Crippen LogP contribution is 2.41. The van der Waals surface area contributed by atoms with Crippen LogP contribution in [-0.2, 0) is 5.41 Å². The molecule has 1 aromatic rings. The Balaban J connectivity index is 1.76. The lowest BCUT2D eigenvalue weighted by Crippen LogP contribution is -2.32. The van der Waals surface area contributed by atoms with E-state index in [1.807, 2.05) is 0 Å². The second-order valence-corrected chi connectivity index (χ2v) is 5.50. The van der Waals surface area contributed by atoms with E-state index < -0.39 is 0 Å². The summed E-state index contributed by atoms with van der Waals surface area (Å²) in [5, 5.41) is 11.0. The molecule has 2 aliphatic rings. The molecule has 0 aromatic carbocycles. The fourth-order valence-electron chi connectivity index (χ4n) is 2.74. The van der Waals surface area contributed by atoms with E-state index in [-0.39, 0.29) is 5.41 Å². The van der Waals surface area contributed by atoms with Crippen molar-refractivity contribution in [2.45, 2.75) is 50.4 Å². The summed E-state index contributed by atoms with van der Waals surface area (Å²) in [5.41, 5.74) is 0.261. The third-order valence-corrected chi connectivity index (χ3v) is 4.18. The van der Waals surface area contributed by atoms with Crippen LogP contribution < -0.4 is 5.32 Å². The maximum atomic E-state index is 4.72. The van der Waals surface area contributed by atoms with Gasteiger partial charge in [-0.25, -0.2) is 4.98 Å². The highest BCUT2D eigenvalue weighted by atomic mass is 15.2. The molecule has 88 valence electrons. The van der Waals surface area contributed by atoms with Gasteiger partial charge in [0, 0.05) is 17.9 Å². The minimum atomic E-state index is 0.261. The lowest BCUT2D eigenvalue weighted by atomic mass is 9.70. The van der Waals surface area contributed by atoms with Gasteiger partial charge in [-0.05, 0) is 32.2 Å². The number of aromatic amines is 1. The van der Waals surface area contributed by atoms with Crippen LogP contribution in [0.15, 0.2) is 0 Å². The van der Waals surface area contributed by atoms with E-state index >= 15 is 0 Å². The molecule has 2 N–H and O–H groups in total. The molecular weight excluding hydrogens is 200 g/mol. The van der Waals surface area contributed by atoms with Gasteiger partial charge < -0.3 is 5.32 Å². The van der Waals surface area contributed by atoms with Crippen molar-refractivity contribution in [1.82, 2.24) is 20.5 Å². The molecule has 16 heavy (non-hydrogen) atoms. The Morgan fingerprint density at radius 2 is 2.19 bits per heavy atom. The third-order valence-electron chi connectivity index (χ3n) is 4.18. The van der Waals surface area contributed by atoms with E-state index in [0.717, 1.165) is 24.7 Å². The number of hydrogen-bond donors (Lipinski definition) is 2. The Labute approximate surface area is 96.2 Å². The normalized spacial score (nSPS) is 28.7. The lowest BCUT2D eigenvalue weighted by molar-refractivity contribution is 0.256. The van der Waals surface area contributed by atoms with Crippen molar-refractivity contribution in [2.75, 3.05) is 13.1 Å². The first-order chi connectivity index (χ1) is 7.78. The average Bonchev–Trinajstić information content (AvgIpc) is 2.77. The van der Waals surface area contributed by atoms with Gasteiger partial charge in [0.25, 0.3) is 0 Å². The van der Waals surface area contributed by atoms with Gasteiger partial charge in [-0.1, -0.05) is 13.3 Å². The van der Waals surface area contributed by atoms with E-state index in [2.05, 4.69) is 22.4 Å². The smallest absolute Gasteiger partial charge is 0.156 e.